The molecule has 8 heteroatoms. The first-order valence-electron chi connectivity index (χ1n) is 5.78. The molecule has 19 heavy (non-hydrogen) atoms. The van der Waals surface area contributed by atoms with Crippen molar-refractivity contribution in [1.82, 2.24) is 19.7 Å². The summed E-state index contributed by atoms with van der Waals surface area (Å²) < 4.78 is 7.26. The van der Waals surface area contributed by atoms with Crippen LogP contribution in [-0.4, -0.2) is 36.6 Å². The normalized spacial score (nSPS) is 10.8. The molecule has 102 valence electrons. The molecule has 0 aliphatic heterocycles. The Morgan fingerprint density at radius 2 is 2.32 bits per heavy atom. The maximum absolute atomic E-state index is 10.6. The number of nitrogens with zero attached hydrogens (tertiary/aromatic N) is 4. The molecule has 0 saturated carbocycles. The Kier molecular flexibility index (Phi) is 4.20. The molecule has 7 nitrogen and oxygen atoms in total. The number of aromatic nitrogens is 4. The second-order valence-electron chi connectivity index (χ2n) is 3.89. The number of oxazole rings is 1. The van der Waals surface area contributed by atoms with Gasteiger partial charge in [-0.1, -0.05) is 18.7 Å². The third-order valence-corrected chi connectivity index (χ3v) is 3.35. The summed E-state index contributed by atoms with van der Waals surface area (Å²) in [6.45, 7) is 4.20. The average molecular weight is 282 g/mol. The predicted octanol–water partition coefficient (Wildman–Crippen LogP) is 1.36. The highest BCUT2D eigenvalue weighted by atomic mass is 32.2. The molecule has 0 spiro atoms. The molecule has 0 saturated heterocycles. The summed E-state index contributed by atoms with van der Waals surface area (Å²) in [6.07, 6.45) is 2.36. The molecule has 0 atom stereocenters. The molecule has 0 bridgehead atoms. The number of hydrogen-bond acceptors (Lipinski definition) is 6. The molecule has 0 aromatic carbocycles. The van der Waals surface area contributed by atoms with Gasteiger partial charge < -0.3 is 9.52 Å². The third kappa shape index (κ3) is 3.34. The van der Waals surface area contributed by atoms with E-state index in [4.69, 9.17) is 9.52 Å². The van der Waals surface area contributed by atoms with E-state index in [9.17, 15) is 4.79 Å². The monoisotopic (exact) mass is 282 g/mol. The van der Waals surface area contributed by atoms with Crippen LogP contribution in [0.3, 0.4) is 0 Å². The molecule has 2 heterocycles. The highest BCUT2D eigenvalue weighted by Gasteiger charge is 2.15. The zero-order valence-corrected chi connectivity index (χ0v) is 11.5. The van der Waals surface area contributed by atoms with Crippen LogP contribution >= 0.6 is 11.8 Å². The lowest BCUT2D eigenvalue weighted by Crippen LogP contribution is -2.07. The van der Waals surface area contributed by atoms with Gasteiger partial charge in [0.2, 0.25) is 5.89 Å². The van der Waals surface area contributed by atoms with E-state index in [-0.39, 0.29) is 5.75 Å². The van der Waals surface area contributed by atoms with Crippen molar-refractivity contribution in [1.29, 1.82) is 0 Å². The highest BCUT2D eigenvalue weighted by molar-refractivity contribution is 7.99. The molecule has 1 N–H and O–H groups in total. The molecular weight excluding hydrogens is 268 g/mol. The largest absolute Gasteiger partial charge is 0.481 e. The van der Waals surface area contributed by atoms with Crippen molar-refractivity contribution < 1.29 is 14.3 Å². The van der Waals surface area contributed by atoms with Crippen LogP contribution in [0.15, 0.2) is 15.8 Å². The Bertz CT molecular complexity index is 578. The highest BCUT2D eigenvalue weighted by Crippen LogP contribution is 2.18. The van der Waals surface area contributed by atoms with Gasteiger partial charge in [0.25, 0.3) is 0 Å². The predicted molar refractivity (Wildman–Crippen MR) is 68.1 cm³/mol. The maximum Gasteiger partial charge on any atom is 0.313 e. The smallest absolute Gasteiger partial charge is 0.313 e. The van der Waals surface area contributed by atoms with Gasteiger partial charge in [-0.3, -0.25) is 9.36 Å². The maximum atomic E-state index is 10.6. The van der Waals surface area contributed by atoms with Gasteiger partial charge >= 0.3 is 5.97 Å². The Morgan fingerprint density at radius 1 is 1.53 bits per heavy atom. The van der Waals surface area contributed by atoms with E-state index in [1.165, 1.54) is 0 Å². The number of hydrogen-bond donors (Lipinski definition) is 1. The summed E-state index contributed by atoms with van der Waals surface area (Å²) in [6, 6.07) is 0. The van der Waals surface area contributed by atoms with E-state index in [0.717, 1.165) is 23.3 Å². The number of aliphatic carboxylic acids is 1. The van der Waals surface area contributed by atoms with E-state index >= 15 is 0 Å². The van der Waals surface area contributed by atoms with Gasteiger partial charge in [0, 0.05) is 6.42 Å². The average Bonchev–Trinajstić information content (AvgIpc) is 2.94. The van der Waals surface area contributed by atoms with E-state index in [1.807, 2.05) is 18.4 Å². The fourth-order valence-corrected chi connectivity index (χ4v) is 2.26. The van der Waals surface area contributed by atoms with E-state index < -0.39 is 5.97 Å². The summed E-state index contributed by atoms with van der Waals surface area (Å²) >= 11 is 1.14. The van der Waals surface area contributed by atoms with Crippen molar-refractivity contribution in [3.8, 4) is 0 Å². The van der Waals surface area contributed by atoms with Gasteiger partial charge in [-0.05, 0) is 6.92 Å². The molecule has 2 aromatic heterocycles. The van der Waals surface area contributed by atoms with Gasteiger partial charge in [0.1, 0.15) is 18.1 Å². The van der Waals surface area contributed by atoms with Gasteiger partial charge in [-0.25, -0.2) is 4.98 Å². The number of rotatable bonds is 6. The number of aryl methyl sites for hydroxylation is 2. The van der Waals surface area contributed by atoms with Crippen LogP contribution in [0.25, 0.3) is 0 Å². The van der Waals surface area contributed by atoms with Gasteiger partial charge in [-0.15, -0.1) is 10.2 Å². The van der Waals surface area contributed by atoms with Crippen molar-refractivity contribution in [2.45, 2.75) is 32.0 Å². The first kappa shape index (κ1) is 13.6. The van der Waals surface area contributed by atoms with Gasteiger partial charge in [0.05, 0.1) is 11.9 Å². The molecule has 0 amide bonds. The minimum atomic E-state index is -0.885. The van der Waals surface area contributed by atoms with E-state index in [0.29, 0.717) is 24.0 Å². The lowest BCUT2D eigenvalue weighted by Gasteiger charge is -2.05. The van der Waals surface area contributed by atoms with Crippen molar-refractivity contribution >= 4 is 17.7 Å². The van der Waals surface area contributed by atoms with E-state index in [2.05, 4.69) is 15.2 Å². The van der Waals surface area contributed by atoms with Crippen LogP contribution in [0.2, 0.25) is 0 Å². The summed E-state index contributed by atoms with van der Waals surface area (Å²) in [5.41, 5.74) is 0. The number of thioether (sulfide) groups is 1. The van der Waals surface area contributed by atoms with Crippen LogP contribution in [-0.2, 0) is 17.8 Å². The lowest BCUT2D eigenvalue weighted by atomic mass is 10.4. The fraction of sp³-hybridized carbons (Fsp3) is 0.455. The minimum absolute atomic E-state index is 0.0491. The van der Waals surface area contributed by atoms with Crippen molar-refractivity contribution in [3.05, 3.63) is 23.7 Å². The second kappa shape index (κ2) is 5.87. The lowest BCUT2D eigenvalue weighted by molar-refractivity contribution is -0.133. The molecule has 0 unspecified atom stereocenters. The Balaban J connectivity index is 2.20. The molecular formula is C11H14N4O3S. The van der Waals surface area contributed by atoms with Crippen LogP contribution < -0.4 is 0 Å². The summed E-state index contributed by atoms with van der Waals surface area (Å²) in [5, 5.41) is 17.3. The molecule has 2 aromatic rings. The van der Waals surface area contributed by atoms with Crippen LogP contribution in [0.4, 0.5) is 0 Å². The van der Waals surface area contributed by atoms with Gasteiger partial charge in [0.15, 0.2) is 5.16 Å². The van der Waals surface area contributed by atoms with Crippen molar-refractivity contribution in [3.63, 3.8) is 0 Å². The Hall–Kier alpha value is -1.83. The first-order valence-corrected chi connectivity index (χ1v) is 6.76. The molecule has 0 radical (unpaired) electrons. The van der Waals surface area contributed by atoms with Crippen molar-refractivity contribution in [2.24, 2.45) is 0 Å². The SMILES string of the molecule is CCc1nnc(SCC(=O)O)n1Cc1ncc(C)o1. The zero-order chi connectivity index (χ0) is 13.8. The topological polar surface area (TPSA) is 94.0 Å². The molecule has 0 aliphatic rings. The Morgan fingerprint density at radius 3 is 2.89 bits per heavy atom. The first-order chi connectivity index (χ1) is 9.10. The standard InChI is InChI=1S/C11H14N4O3S/c1-3-8-13-14-11(19-6-10(16)17)15(8)5-9-12-4-7(2)18-9/h4H,3,5-6H2,1-2H3,(H,16,17). The minimum Gasteiger partial charge on any atom is -0.481 e. The fourth-order valence-electron chi connectivity index (χ4n) is 1.58. The molecule has 2 rings (SSSR count). The van der Waals surface area contributed by atoms with Crippen LogP contribution in [0.5, 0.6) is 0 Å². The van der Waals surface area contributed by atoms with Gasteiger partial charge in [-0.2, -0.15) is 0 Å². The van der Waals surface area contributed by atoms with Crippen LogP contribution in [0, 0.1) is 6.92 Å². The molecule has 0 fully saturated rings. The number of carboxylic acid groups (broad SMARTS) is 1. The van der Waals surface area contributed by atoms with Crippen molar-refractivity contribution in [2.75, 3.05) is 5.75 Å². The quantitative estimate of drug-likeness (QED) is 0.799. The summed E-state index contributed by atoms with van der Waals surface area (Å²) in [7, 11) is 0. The summed E-state index contributed by atoms with van der Waals surface area (Å²) in [5.74, 6) is 1.14. The Labute approximate surface area is 114 Å². The second-order valence-corrected chi connectivity index (χ2v) is 4.83. The third-order valence-electron chi connectivity index (χ3n) is 2.40. The summed E-state index contributed by atoms with van der Waals surface area (Å²) in [4.78, 5) is 14.7. The van der Waals surface area contributed by atoms with Crippen LogP contribution in [0.1, 0.15) is 24.4 Å². The number of carboxylic acids is 1. The molecule has 0 aliphatic carbocycles. The zero-order valence-electron chi connectivity index (χ0n) is 10.7. The number of carbonyl (C=O) groups is 1. The van der Waals surface area contributed by atoms with E-state index in [1.54, 1.807) is 6.20 Å².